The van der Waals surface area contributed by atoms with Crippen LogP contribution in [0.3, 0.4) is 0 Å². The van der Waals surface area contributed by atoms with Gasteiger partial charge in [0, 0.05) is 18.6 Å². The van der Waals surface area contributed by atoms with Gasteiger partial charge in [-0.15, -0.1) is 0 Å². The highest BCUT2D eigenvalue weighted by Gasteiger charge is 2.23. The lowest BCUT2D eigenvalue weighted by atomic mass is 10.2. The third-order valence-electron chi connectivity index (χ3n) is 2.59. The second-order valence-corrected chi connectivity index (χ2v) is 4.63. The highest BCUT2D eigenvalue weighted by Crippen LogP contribution is 2.33. The minimum atomic E-state index is 0.845. The Bertz CT molecular complexity index is 473. The molecule has 0 N–H and O–H groups in total. The van der Waals surface area contributed by atoms with E-state index in [1.54, 1.807) is 0 Å². The van der Waals surface area contributed by atoms with Crippen molar-refractivity contribution in [1.29, 1.82) is 0 Å². The van der Waals surface area contributed by atoms with Crippen LogP contribution in [0.5, 0.6) is 0 Å². The number of rotatable bonds is 2. The molecule has 0 aliphatic heterocycles. The molecular formula is C10H10BrN3. The first kappa shape index (κ1) is 8.41. The van der Waals surface area contributed by atoms with Crippen molar-refractivity contribution < 1.29 is 0 Å². The van der Waals surface area contributed by atoms with E-state index in [1.807, 2.05) is 23.0 Å². The molecule has 1 saturated carbocycles. The van der Waals surface area contributed by atoms with Crippen LogP contribution in [-0.2, 0) is 6.42 Å². The van der Waals surface area contributed by atoms with E-state index in [1.165, 1.54) is 12.8 Å². The summed E-state index contributed by atoms with van der Waals surface area (Å²) in [5.41, 5.74) is 2.12. The lowest BCUT2D eigenvalue weighted by Crippen LogP contribution is -1.98. The third kappa shape index (κ3) is 1.43. The van der Waals surface area contributed by atoms with Gasteiger partial charge in [-0.1, -0.05) is 0 Å². The quantitative estimate of drug-likeness (QED) is 0.821. The van der Waals surface area contributed by atoms with Crippen molar-refractivity contribution in [2.24, 2.45) is 5.92 Å². The zero-order valence-corrected chi connectivity index (χ0v) is 9.24. The maximum absolute atomic E-state index is 4.49. The van der Waals surface area contributed by atoms with Crippen LogP contribution in [0.15, 0.2) is 23.2 Å². The van der Waals surface area contributed by atoms with Crippen LogP contribution in [0.25, 0.3) is 5.65 Å². The van der Waals surface area contributed by atoms with Crippen LogP contribution in [0.4, 0.5) is 0 Å². The van der Waals surface area contributed by atoms with Crippen molar-refractivity contribution in [2.45, 2.75) is 19.3 Å². The molecule has 0 spiro atoms. The summed E-state index contributed by atoms with van der Waals surface area (Å²) in [4.78, 5) is 8.81. The first-order valence-electron chi connectivity index (χ1n) is 4.81. The molecule has 0 amide bonds. The third-order valence-corrected chi connectivity index (χ3v) is 2.98. The Morgan fingerprint density at radius 3 is 3.14 bits per heavy atom. The number of aromatic nitrogens is 3. The van der Waals surface area contributed by atoms with Crippen molar-refractivity contribution in [3.63, 3.8) is 0 Å². The molecule has 2 aromatic heterocycles. The van der Waals surface area contributed by atoms with Crippen molar-refractivity contribution in [2.75, 3.05) is 0 Å². The molecule has 0 saturated heterocycles. The summed E-state index contributed by atoms with van der Waals surface area (Å²) >= 11 is 3.42. The summed E-state index contributed by atoms with van der Waals surface area (Å²) in [6, 6.07) is 0. The number of fused-ring (bicyclic) bond motifs is 1. The highest BCUT2D eigenvalue weighted by atomic mass is 79.9. The Kier molecular flexibility index (Phi) is 1.83. The van der Waals surface area contributed by atoms with Crippen LogP contribution < -0.4 is 0 Å². The fourth-order valence-electron chi connectivity index (χ4n) is 1.70. The molecule has 1 aliphatic carbocycles. The summed E-state index contributed by atoms with van der Waals surface area (Å²) in [6.07, 6.45) is 9.48. The predicted molar refractivity (Wildman–Crippen MR) is 57.1 cm³/mol. The van der Waals surface area contributed by atoms with Crippen LogP contribution >= 0.6 is 15.9 Å². The van der Waals surface area contributed by atoms with E-state index in [0.717, 1.165) is 28.3 Å². The van der Waals surface area contributed by atoms with E-state index in [0.29, 0.717) is 0 Å². The van der Waals surface area contributed by atoms with Crippen LogP contribution in [0.1, 0.15) is 18.5 Å². The maximum Gasteiger partial charge on any atom is 0.158 e. The van der Waals surface area contributed by atoms with Gasteiger partial charge in [-0.05, 0) is 41.1 Å². The second kappa shape index (κ2) is 3.05. The molecule has 3 rings (SSSR count). The Labute approximate surface area is 90.3 Å². The van der Waals surface area contributed by atoms with Gasteiger partial charge in [-0.3, -0.25) is 0 Å². The van der Waals surface area contributed by atoms with Gasteiger partial charge in [0.2, 0.25) is 0 Å². The van der Waals surface area contributed by atoms with Crippen molar-refractivity contribution in [3.8, 4) is 0 Å². The molecule has 3 nitrogen and oxygen atoms in total. The molecule has 0 radical (unpaired) electrons. The lowest BCUT2D eigenvalue weighted by Gasteiger charge is -2.02. The van der Waals surface area contributed by atoms with E-state index < -0.39 is 0 Å². The minimum Gasteiger partial charge on any atom is -0.303 e. The molecule has 14 heavy (non-hydrogen) atoms. The van der Waals surface area contributed by atoms with Gasteiger partial charge in [0.1, 0.15) is 4.60 Å². The molecule has 2 heterocycles. The number of halogens is 1. The molecule has 4 heteroatoms. The summed E-state index contributed by atoms with van der Waals surface area (Å²) in [6.45, 7) is 0. The van der Waals surface area contributed by atoms with E-state index in [-0.39, 0.29) is 0 Å². The topological polar surface area (TPSA) is 30.2 Å². The van der Waals surface area contributed by atoms with Gasteiger partial charge in [0.15, 0.2) is 5.65 Å². The Balaban J connectivity index is 2.13. The average Bonchev–Trinajstić information content (AvgIpc) is 2.81. The Hall–Kier alpha value is -0.900. The average molecular weight is 252 g/mol. The molecular weight excluding hydrogens is 242 g/mol. The monoisotopic (exact) mass is 251 g/mol. The first-order chi connectivity index (χ1) is 6.83. The molecule has 1 fully saturated rings. The number of imidazole rings is 1. The molecule has 0 unspecified atom stereocenters. The summed E-state index contributed by atoms with van der Waals surface area (Å²) < 4.78 is 2.91. The zero-order chi connectivity index (χ0) is 9.54. The summed E-state index contributed by atoms with van der Waals surface area (Å²) in [7, 11) is 0. The summed E-state index contributed by atoms with van der Waals surface area (Å²) in [5.74, 6) is 0.845. The Morgan fingerprint density at radius 1 is 1.50 bits per heavy atom. The Morgan fingerprint density at radius 2 is 2.36 bits per heavy atom. The van der Waals surface area contributed by atoms with Crippen LogP contribution in [0.2, 0.25) is 0 Å². The predicted octanol–water partition coefficient (Wildman–Crippen LogP) is 2.44. The first-order valence-corrected chi connectivity index (χ1v) is 5.60. The zero-order valence-electron chi connectivity index (χ0n) is 7.65. The van der Waals surface area contributed by atoms with E-state index in [9.17, 15) is 0 Å². The molecule has 0 aromatic carbocycles. The highest BCUT2D eigenvalue weighted by molar-refractivity contribution is 9.10. The maximum atomic E-state index is 4.49. The number of nitrogens with zero attached hydrogens (tertiary/aromatic N) is 3. The fourth-order valence-corrected chi connectivity index (χ4v) is 2.13. The van der Waals surface area contributed by atoms with Gasteiger partial charge in [-0.2, -0.15) is 0 Å². The molecule has 0 bridgehead atoms. The van der Waals surface area contributed by atoms with Gasteiger partial charge >= 0.3 is 0 Å². The smallest absolute Gasteiger partial charge is 0.158 e. The lowest BCUT2D eigenvalue weighted by molar-refractivity contribution is 0.797. The van der Waals surface area contributed by atoms with Crippen molar-refractivity contribution in [3.05, 3.63) is 28.9 Å². The SMILES string of the molecule is Brc1cn2ccnc2c(CC2CC2)n1. The summed E-state index contributed by atoms with van der Waals surface area (Å²) in [5, 5.41) is 0. The standard InChI is InChI=1S/C10H10BrN3/c11-9-6-14-4-3-12-10(14)8(13-9)5-7-1-2-7/h3-4,6-7H,1-2,5H2. The van der Waals surface area contributed by atoms with Crippen LogP contribution in [0, 0.1) is 5.92 Å². The van der Waals surface area contributed by atoms with Gasteiger partial charge in [0.25, 0.3) is 0 Å². The number of hydrogen-bond donors (Lipinski definition) is 0. The van der Waals surface area contributed by atoms with Gasteiger partial charge < -0.3 is 4.40 Å². The van der Waals surface area contributed by atoms with Gasteiger partial charge in [-0.25, -0.2) is 9.97 Å². The molecule has 1 aliphatic rings. The number of hydrogen-bond acceptors (Lipinski definition) is 2. The van der Waals surface area contributed by atoms with E-state index in [4.69, 9.17) is 0 Å². The van der Waals surface area contributed by atoms with E-state index in [2.05, 4.69) is 25.9 Å². The molecule has 2 aromatic rings. The van der Waals surface area contributed by atoms with E-state index >= 15 is 0 Å². The van der Waals surface area contributed by atoms with Crippen molar-refractivity contribution in [1.82, 2.24) is 14.4 Å². The van der Waals surface area contributed by atoms with Crippen molar-refractivity contribution >= 4 is 21.6 Å². The molecule has 72 valence electrons. The van der Waals surface area contributed by atoms with Gasteiger partial charge in [0.05, 0.1) is 5.69 Å². The van der Waals surface area contributed by atoms with Crippen LogP contribution in [-0.4, -0.2) is 14.4 Å². The largest absolute Gasteiger partial charge is 0.303 e. The normalized spacial score (nSPS) is 16.4. The fraction of sp³-hybridized carbons (Fsp3) is 0.400. The minimum absolute atomic E-state index is 0.845. The molecule has 0 atom stereocenters. The second-order valence-electron chi connectivity index (χ2n) is 3.82.